The minimum atomic E-state index is -1.05. The minimum Gasteiger partial charge on any atom is -0.480 e. The first-order valence-electron chi connectivity index (χ1n) is 9.34. The van der Waals surface area contributed by atoms with Gasteiger partial charge < -0.3 is 25.4 Å². The van der Waals surface area contributed by atoms with E-state index >= 15 is 0 Å². The summed E-state index contributed by atoms with van der Waals surface area (Å²) in [5.41, 5.74) is 7.19. The average Bonchev–Trinajstić information content (AvgIpc) is 3.02. The molecule has 3 amide bonds. The molecule has 2 aromatic rings. The van der Waals surface area contributed by atoms with Crippen LogP contribution >= 0.6 is 0 Å². The van der Waals surface area contributed by atoms with Gasteiger partial charge in [0.2, 0.25) is 5.88 Å². The molecular formula is C19H20N6O5. The van der Waals surface area contributed by atoms with E-state index in [0.717, 1.165) is 0 Å². The van der Waals surface area contributed by atoms with Crippen molar-refractivity contribution in [2.24, 2.45) is 0 Å². The molecule has 11 nitrogen and oxygen atoms in total. The van der Waals surface area contributed by atoms with Crippen LogP contribution in [0, 0.1) is 0 Å². The van der Waals surface area contributed by atoms with Crippen molar-refractivity contribution in [1.29, 1.82) is 0 Å². The second-order valence-corrected chi connectivity index (χ2v) is 6.90. The highest BCUT2D eigenvalue weighted by Crippen LogP contribution is 2.29. The Kier molecular flexibility index (Phi) is 4.86. The maximum absolute atomic E-state index is 13.0. The van der Waals surface area contributed by atoms with Crippen molar-refractivity contribution in [1.82, 2.24) is 14.9 Å². The maximum atomic E-state index is 13.0. The van der Waals surface area contributed by atoms with Gasteiger partial charge in [-0.2, -0.15) is 0 Å². The molecule has 1 atom stereocenters. The first kappa shape index (κ1) is 19.4. The summed E-state index contributed by atoms with van der Waals surface area (Å²) in [5.74, 6) is -1.22. The van der Waals surface area contributed by atoms with Crippen molar-refractivity contribution >= 4 is 35.1 Å². The number of anilines is 3. The molecule has 2 aliphatic rings. The highest BCUT2D eigenvalue weighted by atomic mass is 16.5. The first-order chi connectivity index (χ1) is 14.4. The van der Waals surface area contributed by atoms with E-state index in [2.05, 4.69) is 9.97 Å². The zero-order chi connectivity index (χ0) is 21.4. The number of fused-ring (bicyclic) bond motifs is 1. The fourth-order valence-corrected chi connectivity index (χ4v) is 3.51. The third-order valence-corrected chi connectivity index (χ3v) is 5.19. The molecule has 4 rings (SSSR count). The molecule has 0 aliphatic carbocycles. The number of rotatable bonds is 4. The number of aliphatic carboxylic acids is 1. The number of urea groups is 1. The van der Waals surface area contributed by atoms with Crippen molar-refractivity contribution in [2.45, 2.75) is 13.0 Å². The topological polar surface area (TPSA) is 142 Å². The van der Waals surface area contributed by atoms with Crippen molar-refractivity contribution in [2.75, 3.05) is 41.8 Å². The number of benzene rings is 1. The number of nitrogen functional groups attached to an aromatic ring is 1. The number of aromatic nitrogens is 2. The number of carbonyl (C=O) groups is 3. The average molecular weight is 412 g/mol. The lowest BCUT2D eigenvalue weighted by atomic mass is 10.2. The van der Waals surface area contributed by atoms with Crippen molar-refractivity contribution in [3.8, 4) is 5.88 Å². The largest absolute Gasteiger partial charge is 0.480 e. The Morgan fingerprint density at radius 1 is 1.10 bits per heavy atom. The van der Waals surface area contributed by atoms with E-state index in [1.54, 1.807) is 24.3 Å². The molecule has 156 valence electrons. The number of hydrogen-bond donors (Lipinski definition) is 2. The molecule has 0 spiro atoms. The maximum Gasteiger partial charge on any atom is 0.326 e. The molecule has 1 saturated heterocycles. The lowest BCUT2D eigenvalue weighted by molar-refractivity contribution is -0.141. The highest BCUT2D eigenvalue weighted by Gasteiger charge is 2.35. The third kappa shape index (κ3) is 3.23. The summed E-state index contributed by atoms with van der Waals surface area (Å²) in [4.78, 5) is 49.0. The van der Waals surface area contributed by atoms with Gasteiger partial charge in [0.25, 0.3) is 5.91 Å². The zero-order valence-corrected chi connectivity index (χ0v) is 16.2. The number of amides is 3. The standard InChI is InChI=1S/C19H20N6O5/c1-11(18(27)28)23-6-7-25(19(23)29)13-4-2-12(3-5-13)24-8-9-30-16-14(17(24)26)15(20)21-10-22-16/h2-5,10-11H,6-9H2,1H3,(H,27,28)(H2,20,21,22). The van der Waals surface area contributed by atoms with E-state index in [0.29, 0.717) is 31.0 Å². The number of carboxylic acids is 1. The molecule has 1 aromatic heterocycles. The molecule has 1 aromatic carbocycles. The minimum absolute atomic E-state index is 0.0452. The van der Waals surface area contributed by atoms with Gasteiger partial charge in [0.1, 0.15) is 30.4 Å². The Hall–Kier alpha value is -3.89. The van der Waals surface area contributed by atoms with Gasteiger partial charge in [0.15, 0.2) is 0 Å². The van der Waals surface area contributed by atoms with Crippen LogP contribution in [0.25, 0.3) is 0 Å². The van der Waals surface area contributed by atoms with Crippen LogP contribution in [0.15, 0.2) is 30.6 Å². The summed E-state index contributed by atoms with van der Waals surface area (Å²) in [7, 11) is 0. The van der Waals surface area contributed by atoms with Gasteiger partial charge in [0.05, 0.1) is 6.54 Å². The normalized spacial score (nSPS) is 17.4. The quantitative estimate of drug-likeness (QED) is 0.751. The molecule has 0 saturated carbocycles. The molecule has 3 N–H and O–H groups in total. The lowest BCUT2D eigenvalue weighted by Crippen LogP contribution is -2.42. The summed E-state index contributed by atoms with van der Waals surface area (Å²) in [6.45, 7) is 2.72. The molecule has 11 heteroatoms. The summed E-state index contributed by atoms with van der Waals surface area (Å²) in [5, 5.41) is 9.16. The number of carboxylic acid groups (broad SMARTS) is 1. The molecule has 0 bridgehead atoms. The van der Waals surface area contributed by atoms with Crippen LogP contribution in [0.2, 0.25) is 0 Å². The highest BCUT2D eigenvalue weighted by molar-refractivity contribution is 6.10. The van der Waals surface area contributed by atoms with Crippen LogP contribution in [-0.4, -0.2) is 70.2 Å². The van der Waals surface area contributed by atoms with E-state index in [9.17, 15) is 14.4 Å². The summed E-state index contributed by atoms with van der Waals surface area (Å²) < 4.78 is 5.52. The monoisotopic (exact) mass is 412 g/mol. The predicted octanol–water partition coefficient (Wildman–Crippen LogP) is 0.813. The SMILES string of the molecule is CC(C(=O)O)N1CCN(c2ccc(N3CCOc4ncnc(N)c4C3=O)cc2)C1=O. The predicted molar refractivity (Wildman–Crippen MR) is 107 cm³/mol. The Morgan fingerprint density at radius 3 is 2.43 bits per heavy atom. The van der Waals surface area contributed by atoms with E-state index in [1.807, 2.05) is 0 Å². The summed E-state index contributed by atoms with van der Waals surface area (Å²) in [6.07, 6.45) is 1.24. The number of ether oxygens (including phenoxy) is 1. The van der Waals surface area contributed by atoms with Crippen LogP contribution in [0.4, 0.5) is 22.0 Å². The van der Waals surface area contributed by atoms with E-state index < -0.39 is 12.0 Å². The molecule has 1 unspecified atom stereocenters. The second kappa shape index (κ2) is 7.50. The number of nitrogens with zero attached hydrogens (tertiary/aromatic N) is 5. The van der Waals surface area contributed by atoms with Gasteiger partial charge in [-0.1, -0.05) is 0 Å². The molecule has 3 heterocycles. The van der Waals surface area contributed by atoms with Gasteiger partial charge in [-0.05, 0) is 31.2 Å². The Morgan fingerprint density at radius 2 is 1.77 bits per heavy atom. The number of carbonyl (C=O) groups excluding carboxylic acids is 2. The van der Waals surface area contributed by atoms with Crippen molar-refractivity contribution in [3.63, 3.8) is 0 Å². The fourth-order valence-electron chi connectivity index (χ4n) is 3.51. The Bertz CT molecular complexity index is 1010. The second-order valence-electron chi connectivity index (χ2n) is 6.90. The van der Waals surface area contributed by atoms with Crippen LogP contribution < -0.4 is 20.3 Å². The van der Waals surface area contributed by atoms with E-state index in [1.165, 1.54) is 28.0 Å². The van der Waals surface area contributed by atoms with E-state index in [-0.39, 0.29) is 35.8 Å². The van der Waals surface area contributed by atoms with Gasteiger partial charge in [-0.15, -0.1) is 0 Å². The van der Waals surface area contributed by atoms with Gasteiger partial charge >= 0.3 is 12.0 Å². The summed E-state index contributed by atoms with van der Waals surface area (Å²) >= 11 is 0. The van der Waals surface area contributed by atoms with Gasteiger partial charge in [-0.25, -0.2) is 19.6 Å². The fraction of sp³-hybridized carbons (Fsp3) is 0.316. The molecular weight excluding hydrogens is 392 g/mol. The van der Waals surface area contributed by atoms with Crippen LogP contribution in [0.3, 0.4) is 0 Å². The summed E-state index contributed by atoms with van der Waals surface area (Å²) in [6, 6.07) is 5.60. The molecule has 2 aliphatic heterocycles. The van der Waals surface area contributed by atoms with Crippen molar-refractivity contribution < 1.29 is 24.2 Å². The van der Waals surface area contributed by atoms with Crippen LogP contribution in [0.1, 0.15) is 17.3 Å². The Labute approximate surface area is 171 Å². The van der Waals surface area contributed by atoms with Gasteiger partial charge in [-0.3, -0.25) is 9.69 Å². The van der Waals surface area contributed by atoms with Gasteiger partial charge in [0, 0.05) is 24.5 Å². The number of hydrogen-bond acceptors (Lipinski definition) is 7. The molecule has 1 fully saturated rings. The Balaban J connectivity index is 1.56. The van der Waals surface area contributed by atoms with Crippen LogP contribution in [0.5, 0.6) is 5.88 Å². The third-order valence-electron chi connectivity index (χ3n) is 5.19. The van der Waals surface area contributed by atoms with Crippen molar-refractivity contribution in [3.05, 3.63) is 36.2 Å². The zero-order valence-electron chi connectivity index (χ0n) is 16.2. The number of nitrogens with two attached hydrogens (primary N) is 1. The lowest BCUT2D eigenvalue weighted by Gasteiger charge is -2.23. The first-order valence-corrected chi connectivity index (χ1v) is 9.34. The van der Waals surface area contributed by atoms with Crippen LogP contribution in [-0.2, 0) is 4.79 Å². The molecule has 30 heavy (non-hydrogen) atoms. The molecule has 0 radical (unpaired) electrons. The smallest absolute Gasteiger partial charge is 0.326 e. The van der Waals surface area contributed by atoms with E-state index in [4.69, 9.17) is 15.6 Å².